The number of nitrogens with zero attached hydrogens (tertiary/aromatic N) is 2. The van der Waals surface area contributed by atoms with Crippen molar-refractivity contribution in [2.45, 2.75) is 86.3 Å². The van der Waals surface area contributed by atoms with Gasteiger partial charge in [-0.3, -0.25) is 4.90 Å². The van der Waals surface area contributed by atoms with Crippen molar-refractivity contribution in [2.75, 3.05) is 33.1 Å². The van der Waals surface area contributed by atoms with Crippen molar-refractivity contribution < 1.29 is 55.2 Å². The first-order chi connectivity index (χ1) is 29.1. The van der Waals surface area contributed by atoms with E-state index in [9.17, 15) is 26.7 Å². The Labute approximate surface area is 357 Å². The first-order valence-corrected chi connectivity index (χ1v) is 23.6. The molecule has 4 aliphatic heterocycles. The summed E-state index contributed by atoms with van der Waals surface area (Å²) < 4.78 is 93.2. The van der Waals surface area contributed by atoms with Gasteiger partial charge in [0.1, 0.15) is 18.1 Å². The van der Waals surface area contributed by atoms with Crippen molar-refractivity contribution in [3.63, 3.8) is 0 Å². The van der Waals surface area contributed by atoms with Crippen LogP contribution in [0.4, 0.5) is 4.79 Å². The number of amides is 1. The summed E-state index contributed by atoms with van der Waals surface area (Å²) in [6, 6.07) is 27.5. The van der Waals surface area contributed by atoms with Crippen molar-refractivity contribution in [1.82, 2.24) is 9.21 Å². The molecule has 5 atom stereocenters. The third-order valence-electron chi connectivity index (χ3n) is 12.1. The quantitative estimate of drug-likeness (QED) is 0.134. The van der Waals surface area contributed by atoms with Gasteiger partial charge in [0.15, 0.2) is 27.6 Å². The molecule has 0 aromatic heterocycles. The van der Waals surface area contributed by atoms with Gasteiger partial charge < -0.3 is 33.5 Å². The highest BCUT2D eigenvalue weighted by molar-refractivity contribution is 7.90. The lowest BCUT2D eigenvalue weighted by atomic mass is 9.69. The van der Waals surface area contributed by atoms with E-state index in [-0.39, 0.29) is 66.9 Å². The molecule has 16 heteroatoms. The second kappa shape index (κ2) is 16.9. The minimum absolute atomic E-state index is 0.00884. The number of sulfonamides is 1. The monoisotopic (exact) mass is 876 g/mol. The zero-order chi connectivity index (χ0) is 43.2. The molecule has 0 bridgehead atoms. The fourth-order valence-corrected chi connectivity index (χ4v) is 12.5. The normalized spacial score (nSPS) is 24.4. The zero-order valence-corrected chi connectivity index (χ0v) is 36.3. The lowest BCUT2D eigenvalue weighted by Gasteiger charge is -2.47. The Bertz CT molecular complexity index is 2450. The van der Waals surface area contributed by atoms with Crippen molar-refractivity contribution in [3.05, 3.63) is 114 Å². The Morgan fingerprint density at radius 2 is 1.59 bits per heavy atom. The number of carbonyl (C=O) groups is 1. The van der Waals surface area contributed by atoms with Crippen LogP contribution in [-0.2, 0) is 52.9 Å². The number of rotatable bonds is 15. The standard InChI is InChI=1S/C45H52N2O12S2/c1-30(2)24-46(61(52,53)36-18-19-39-40(22-36)58-29-57-39)25-41-45(47(43(48)49)44(3,4)59-41,38-27-56-42-37(38)20-21-54-42)23-31-14-16-34(17-15-31)55-26-32-10-8-9-11-33(32)28-60(50,51)35-12-6-5-7-13-35/h5-19,22,30,37-38,41-42H,20-21,23-29H2,1-4H3,(H,48,49)/t37?,38?,41-,42?,45+/m1/s1. The van der Waals surface area contributed by atoms with Crippen LogP contribution in [0.3, 0.4) is 0 Å². The number of fused-ring (bicyclic) bond motifs is 2. The van der Waals surface area contributed by atoms with Gasteiger partial charge in [-0.25, -0.2) is 21.6 Å². The van der Waals surface area contributed by atoms with E-state index in [2.05, 4.69) is 0 Å². The molecule has 0 saturated carbocycles. The molecule has 4 aromatic carbocycles. The topological polar surface area (TPSA) is 167 Å². The molecular formula is C45H52N2O12S2. The van der Waals surface area contributed by atoms with E-state index in [0.717, 1.165) is 11.1 Å². The zero-order valence-electron chi connectivity index (χ0n) is 34.6. The second-order valence-corrected chi connectivity index (χ2v) is 20.9. The van der Waals surface area contributed by atoms with Crippen LogP contribution in [-0.4, -0.2) is 94.0 Å². The molecule has 61 heavy (non-hydrogen) atoms. The molecular weight excluding hydrogens is 825 g/mol. The summed E-state index contributed by atoms with van der Waals surface area (Å²) in [7, 11) is -7.75. The van der Waals surface area contributed by atoms with Crippen LogP contribution >= 0.6 is 0 Å². The summed E-state index contributed by atoms with van der Waals surface area (Å²) in [6.07, 6.45) is -1.84. The van der Waals surface area contributed by atoms with Crippen molar-refractivity contribution in [2.24, 2.45) is 17.8 Å². The summed E-state index contributed by atoms with van der Waals surface area (Å²) in [5.41, 5.74) is -0.534. The van der Waals surface area contributed by atoms with Gasteiger partial charge in [0.25, 0.3) is 0 Å². The van der Waals surface area contributed by atoms with Gasteiger partial charge >= 0.3 is 6.09 Å². The number of hydrogen-bond donors (Lipinski definition) is 1. The van der Waals surface area contributed by atoms with Crippen molar-refractivity contribution in [1.29, 1.82) is 0 Å². The van der Waals surface area contributed by atoms with E-state index in [1.165, 1.54) is 21.3 Å². The number of hydrogen-bond acceptors (Lipinski definition) is 11. The van der Waals surface area contributed by atoms with Crippen LogP contribution in [0.5, 0.6) is 17.2 Å². The third-order valence-corrected chi connectivity index (χ3v) is 15.6. The molecule has 0 radical (unpaired) electrons. The number of carboxylic acid groups (broad SMARTS) is 1. The summed E-state index contributed by atoms with van der Waals surface area (Å²) in [5, 5.41) is 11.1. The molecule has 4 aromatic rings. The highest BCUT2D eigenvalue weighted by atomic mass is 32.2. The van der Waals surface area contributed by atoms with Crippen molar-refractivity contribution >= 4 is 26.0 Å². The average Bonchev–Trinajstić information content (AvgIpc) is 4.01. The Kier molecular flexibility index (Phi) is 11.9. The molecule has 4 aliphatic rings. The Morgan fingerprint density at radius 3 is 2.31 bits per heavy atom. The van der Waals surface area contributed by atoms with E-state index in [0.29, 0.717) is 35.8 Å². The van der Waals surface area contributed by atoms with Gasteiger partial charge in [0.2, 0.25) is 16.8 Å². The van der Waals surface area contributed by atoms with Gasteiger partial charge in [0, 0.05) is 31.0 Å². The van der Waals surface area contributed by atoms with E-state index < -0.39 is 55.5 Å². The third kappa shape index (κ3) is 8.45. The van der Waals surface area contributed by atoms with Crippen LogP contribution in [0.1, 0.15) is 50.8 Å². The summed E-state index contributed by atoms with van der Waals surface area (Å²) >= 11 is 0. The maximum Gasteiger partial charge on any atom is 0.410 e. The predicted octanol–water partition coefficient (Wildman–Crippen LogP) is 6.72. The van der Waals surface area contributed by atoms with Crippen LogP contribution in [0.15, 0.2) is 107 Å². The highest BCUT2D eigenvalue weighted by Gasteiger charge is 2.67. The molecule has 0 spiro atoms. The highest BCUT2D eigenvalue weighted by Crippen LogP contribution is 2.53. The largest absolute Gasteiger partial charge is 0.489 e. The Hall–Kier alpha value is -4.71. The van der Waals surface area contributed by atoms with Gasteiger partial charge in [-0.15, -0.1) is 0 Å². The molecule has 4 heterocycles. The minimum Gasteiger partial charge on any atom is -0.489 e. The molecule has 14 nitrogen and oxygen atoms in total. The van der Waals surface area contributed by atoms with E-state index in [1.807, 2.05) is 38.1 Å². The fraction of sp³-hybridized carbons (Fsp3) is 0.444. The Morgan fingerprint density at radius 1 is 0.885 bits per heavy atom. The molecule has 3 fully saturated rings. The number of benzene rings is 4. The lowest BCUT2D eigenvalue weighted by Crippen LogP contribution is -2.65. The van der Waals surface area contributed by atoms with Gasteiger partial charge in [0.05, 0.1) is 40.4 Å². The molecule has 3 saturated heterocycles. The maximum atomic E-state index is 14.6. The maximum absolute atomic E-state index is 14.6. The summed E-state index contributed by atoms with van der Waals surface area (Å²) in [6.45, 7) is 8.01. The number of ether oxygens (including phenoxy) is 6. The van der Waals surface area contributed by atoms with E-state index in [1.54, 1.807) is 74.5 Å². The van der Waals surface area contributed by atoms with E-state index >= 15 is 0 Å². The predicted molar refractivity (Wildman–Crippen MR) is 223 cm³/mol. The average molecular weight is 877 g/mol. The summed E-state index contributed by atoms with van der Waals surface area (Å²) in [5.74, 6) is 0.463. The molecule has 3 unspecified atom stereocenters. The second-order valence-electron chi connectivity index (χ2n) is 17.0. The molecule has 1 N–H and O–H groups in total. The smallest absolute Gasteiger partial charge is 0.410 e. The minimum atomic E-state index is -4.16. The van der Waals surface area contributed by atoms with Gasteiger partial charge in [-0.05, 0) is 85.7 Å². The van der Waals surface area contributed by atoms with Crippen LogP contribution < -0.4 is 14.2 Å². The molecule has 326 valence electrons. The van der Waals surface area contributed by atoms with Crippen LogP contribution in [0, 0.1) is 17.8 Å². The van der Waals surface area contributed by atoms with Crippen LogP contribution in [0.25, 0.3) is 0 Å². The lowest BCUT2D eigenvalue weighted by molar-refractivity contribution is -0.0907. The number of sulfone groups is 1. The summed E-state index contributed by atoms with van der Waals surface area (Å²) in [4.78, 5) is 15.3. The van der Waals surface area contributed by atoms with Crippen molar-refractivity contribution in [3.8, 4) is 17.2 Å². The molecule has 8 rings (SSSR count). The molecule has 1 amide bonds. The first kappa shape index (κ1) is 43.0. The van der Waals surface area contributed by atoms with Crippen LogP contribution in [0.2, 0.25) is 0 Å². The SMILES string of the molecule is CC(C)CN(C[C@H]1OC(C)(C)N(C(=O)O)[C@@]1(Cc1ccc(OCc2ccccc2CS(=O)(=O)c2ccccc2)cc1)C1COC2OCCC21)S(=O)(=O)c1ccc2c(c1)OCO2. The fourth-order valence-electron chi connectivity index (χ4n) is 9.46. The first-order valence-electron chi connectivity index (χ1n) is 20.5. The van der Waals surface area contributed by atoms with Gasteiger partial charge in [-0.2, -0.15) is 4.31 Å². The Balaban J connectivity index is 1.11. The van der Waals surface area contributed by atoms with E-state index in [4.69, 9.17) is 28.4 Å². The van der Waals surface area contributed by atoms with Gasteiger partial charge in [-0.1, -0.05) is 68.4 Å². The molecule has 0 aliphatic carbocycles.